The lowest BCUT2D eigenvalue weighted by Crippen LogP contribution is -2.44. The number of nitrogens with zero attached hydrogens (tertiary/aromatic N) is 3. The van der Waals surface area contributed by atoms with Crippen LogP contribution >= 0.6 is 0 Å². The number of aliphatic hydroxyl groups is 1. The van der Waals surface area contributed by atoms with Crippen LogP contribution in [0.2, 0.25) is 0 Å². The summed E-state index contributed by atoms with van der Waals surface area (Å²) in [6.07, 6.45) is 4.63. The van der Waals surface area contributed by atoms with E-state index in [4.69, 9.17) is 4.74 Å². The Morgan fingerprint density at radius 2 is 2.35 bits per heavy atom. The van der Waals surface area contributed by atoms with Gasteiger partial charge in [-0.1, -0.05) is 0 Å². The Bertz CT molecular complexity index is 531. The van der Waals surface area contributed by atoms with E-state index in [-0.39, 0.29) is 18.4 Å². The number of carbonyl (C=O) groups is 2. The molecule has 1 aromatic rings. The van der Waals surface area contributed by atoms with Crippen molar-refractivity contribution in [3.05, 3.63) is 18.0 Å². The highest BCUT2D eigenvalue weighted by Gasteiger charge is 2.26. The number of hydrogen-bond donors (Lipinski definition) is 2. The molecule has 23 heavy (non-hydrogen) atoms. The molecule has 8 nitrogen and oxygen atoms in total. The molecule has 128 valence electrons. The molecule has 1 atom stereocenters. The van der Waals surface area contributed by atoms with E-state index < -0.39 is 6.10 Å². The molecule has 1 aliphatic rings. The van der Waals surface area contributed by atoms with E-state index in [9.17, 15) is 14.7 Å². The van der Waals surface area contributed by atoms with Crippen molar-refractivity contribution in [1.82, 2.24) is 20.0 Å². The summed E-state index contributed by atoms with van der Waals surface area (Å²) >= 11 is 0. The Hall–Kier alpha value is -1.93. The molecule has 0 saturated carbocycles. The number of aromatic nitrogens is 2. The molecule has 1 saturated heterocycles. The van der Waals surface area contributed by atoms with Gasteiger partial charge in [0.1, 0.15) is 6.10 Å². The molecule has 2 rings (SSSR count). The number of aliphatic hydroxyl groups excluding tert-OH is 1. The average Bonchev–Trinajstić information content (AvgIpc) is 2.94. The largest absolute Gasteiger partial charge is 0.383 e. The van der Waals surface area contributed by atoms with Crippen LogP contribution < -0.4 is 5.32 Å². The topological polar surface area (TPSA) is 96.7 Å². The number of amides is 2. The smallest absolute Gasteiger partial charge is 0.251 e. The van der Waals surface area contributed by atoms with E-state index in [1.165, 1.54) is 4.90 Å². The summed E-state index contributed by atoms with van der Waals surface area (Å²) in [6.45, 7) is 2.08. The number of methoxy groups -OCH3 is 1. The maximum Gasteiger partial charge on any atom is 0.251 e. The Morgan fingerprint density at radius 1 is 1.52 bits per heavy atom. The van der Waals surface area contributed by atoms with Crippen molar-refractivity contribution >= 4 is 11.8 Å². The van der Waals surface area contributed by atoms with Crippen molar-refractivity contribution in [1.29, 1.82) is 0 Å². The Morgan fingerprint density at radius 3 is 3.13 bits per heavy atom. The SMILES string of the molecule is COCCn1cc(CNC(=O)CN2CCCCC(O)C2=O)cn1. The predicted octanol–water partition coefficient (Wildman–Crippen LogP) is -0.481. The van der Waals surface area contributed by atoms with E-state index in [0.717, 1.165) is 18.4 Å². The van der Waals surface area contributed by atoms with Crippen LogP contribution in [0.3, 0.4) is 0 Å². The van der Waals surface area contributed by atoms with Gasteiger partial charge in [0.2, 0.25) is 5.91 Å². The standard InChI is InChI=1S/C15H24N4O4/c1-23-7-6-19-10-12(9-17-19)8-16-14(21)11-18-5-3-2-4-13(20)15(18)22/h9-10,13,20H,2-8,11H2,1H3,(H,16,21). The van der Waals surface area contributed by atoms with Gasteiger partial charge in [0.15, 0.2) is 0 Å². The third-order valence-electron chi connectivity index (χ3n) is 3.79. The van der Waals surface area contributed by atoms with Crippen molar-refractivity contribution in [2.75, 3.05) is 26.8 Å². The molecule has 0 radical (unpaired) electrons. The molecule has 8 heteroatoms. The summed E-state index contributed by atoms with van der Waals surface area (Å²) < 4.78 is 6.73. The van der Waals surface area contributed by atoms with Gasteiger partial charge in [-0.25, -0.2) is 0 Å². The molecule has 1 fully saturated rings. The number of rotatable bonds is 7. The monoisotopic (exact) mass is 324 g/mol. The Kier molecular flexibility index (Phi) is 6.54. The quantitative estimate of drug-likeness (QED) is 0.706. The molecule has 1 unspecified atom stereocenters. The van der Waals surface area contributed by atoms with Gasteiger partial charge in [0.05, 0.1) is 25.9 Å². The van der Waals surface area contributed by atoms with Gasteiger partial charge in [0.25, 0.3) is 5.91 Å². The maximum atomic E-state index is 12.0. The molecule has 1 aromatic heterocycles. The van der Waals surface area contributed by atoms with Crippen LogP contribution in [-0.4, -0.2) is 64.5 Å². The van der Waals surface area contributed by atoms with Crippen molar-refractivity contribution in [3.63, 3.8) is 0 Å². The molecule has 2 heterocycles. The second-order valence-corrected chi connectivity index (χ2v) is 5.65. The number of hydrogen-bond acceptors (Lipinski definition) is 5. The second kappa shape index (κ2) is 8.64. The van der Waals surface area contributed by atoms with Crippen LogP contribution in [0, 0.1) is 0 Å². The molecule has 0 aliphatic carbocycles. The summed E-state index contributed by atoms with van der Waals surface area (Å²) in [6, 6.07) is 0. The first kappa shape index (κ1) is 17.4. The highest BCUT2D eigenvalue weighted by atomic mass is 16.5. The first-order valence-electron chi connectivity index (χ1n) is 7.84. The van der Waals surface area contributed by atoms with Gasteiger partial charge in [-0.2, -0.15) is 5.10 Å². The molecule has 2 N–H and O–H groups in total. The molecule has 0 aromatic carbocycles. The number of ether oxygens (including phenoxy) is 1. The van der Waals surface area contributed by atoms with Gasteiger partial charge in [-0.15, -0.1) is 0 Å². The molecule has 0 spiro atoms. The van der Waals surface area contributed by atoms with Gasteiger partial charge < -0.3 is 20.1 Å². The fourth-order valence-electron chi connectivity index (χ4n) is 2.48. The fraction of sp³-hybridized carbons (Fsp3) is 0.667. The number of likely N-dealkylation sites (tertiary alicyclic amines) is 1. The van der Waals surface area contributed by atoms with E-state index in [0.29, 0.717) is 32.7 Å². The zero-order valence-electron chi connectivity index (χ0n) is 13.4. The summed E-state index contributed by atoms with van der Waals surface area (Å²) in [4.78, 5) is 25.3. The second-order valence-electron chi connectivity index (χ2n) is 5.65. The lowest BCUT2D eigenvalue weighted by atomic mass is 10.2. The van der Waals surface area contributed by atoms with Gasteiger partial charge in [0, 0.05) is 32.0 Å². The third kappa shape index (κ3) is 5.33. The van der Waals surface area contributed by atoms with Crippen LogP contribution in [0.15, 0.2) is 12.4 Å². The van der Waals surface area contributed by atoms with Crippen LogP contribution in [0.25, 0.3) is 0 Å². The maximum absolute atomic E-state index is 12.0. The minimum Gasteiger partial charge on any atom is -0.383 e. The molecular weight excluding hydrogens is 300 g/mol. The first-order chi connectivity index (χ1) is 11.1. The predicted molar refractivity (Wildman–Crippen MR) is 82.4 cm³/mol. The minimum absolute atomic E-state index is 0.0201. The van der Waals surface area contributed by atoms with E-state index >= 15 is 0 Å². The zero-order chi connectivity index (χ0) is 16.7. The zero-order valence-corrected chi connectivity index (χ0v) is 13.4. The number of nitrogens with one attached hydrogen (secondary N) is 1. The van der Waals surface area contributed by atoms with E-state index in [1.807, 2.05) is 6.20 Å². The van der Waals surface area contributed by atoms with Gasteiger partial charge >= 0.3 is 0 Å². The summed E-state index contributed by atoms with van der Waals surface area (Å²) in [5, 5.41) is 16.6. The summed E-state index contributed by atoms with van der Waals surface area (Å²) in [5.74, 6) is -0.595. The summed E-state index contributed by atoms with van der Waals surface area (Å²) in [7, 11) is 1.63. The Balaban J connectivity index is 1.78. The molecule has 0 bridgehead atoms. The Labute approximate surface area is 135 Å². The molecule has 1 aliphatic heterocycles. The molecule has 2 amide bonds. The van der Waals surface area contributed by atoms with Gasteiger partial charge in [-0.3, -0.25) is 14.3 Å². The van der Waals surface area contributed by atoms with Crippen LogP contribution in [0.4, 0.5) is 0 Å². The first-order valence-corrected chi connectivity index (χ1v) is 7.84. The van der Waals surface area contributed by atoms with Crippen molar-refractivity contribution in [2.45, 2.75) is 38.5 Å². The average molecular weight is 324 g/mol. The van der Waals surface area contributed by atoms with Crippen LogP contribution in [-0.2, 0) is 27.4 Å². The number of carbonyl (C=O) groups excluding carboxylic acids is 2. The van der Waals surface area contributed by atoms with Gasteiger partial charge in [-0.05, 0) is 19.3 Å². The lowest BCUT2D eigenvalue weighted by molar-refractivity contribution is -0.142. The normalized spacial score (nSPS) is 18.8. The highest BCUT2D eigenvalue weighted by Crippen LogP contribution is 2.11. The highest BCUT2D eigenvalue weighted by molar-refractivity contribution is 5.87. The van der Waals surface area contributed by atoms with E-state index in [2.05, 4.69) is 10.4 Å². The lowest BCUT2D eigenvalue weighted by Gasteiger charge is -2.21. The fourth-order valence-corrected chi connectivity index (χ4v) is 2.48. The third-order valence-corrected chi connectivity index (χ3v) is 3.79. The minimum atomic E-state index is -0.982. The van der Waals surface area contributed by atoms with Crippen LogP contribution in [0.1, 0.15) is 24.8 Å². The van der Waals surface area contributed by atoms with Crippen molar-refractivity contribution in [2.24, 2.45) is 0 Å². The van der Waals surface area contributed by atoms with Crippen molar-refractivity contribution < 1.29 is 19.4 Å². The van der Waals surface area contributed by atoms with Crippen LogP contribution in [0.5, 0.6) is 0 Å². The van der Waals surface area contributed by atoms with E-state index in [1.54, 1.807) is 18.0 Å². The molecular formula is C15H24N4O4. The summed E-state index contributed by atoms with van der Waals surface area (Å²) in [5.41, 5.74) is 0.886. The van der Waals surface area contributed by atoms with Crippen molar-refractivity contribution in [3.8, 4) is 0 Å².